The predicted molar refractivity (Wildman–Crippen MR) is 35.6 cm³/mol. The van der Waals surface area contributed by atoms with Crippen molar-refractivity contribution in [1.29, 1.82) is 0 Å². The third kappa shape index (κ3) is 5.92. The van der Waals surface area contributed by atoms with Gasteiger partial charge in [-0.25, -0.2) is 0 Å². The highest BCUT2D eigenvalue weighted by molar-refractivity contribution is 4.26. The van der Waals surface area contributed by atoms with E-state index in [4.69, 9.17) is 0 Å². The first-order chi connectivity index (χ1) is 3.63. The molecule has 50 valence electrons. The molecule has 0 bridgehead atoms. The lowest BCUT2D eigenvalue weighted by atomic mass is 10.4. The average molecular weight is 117 g/mol. The second-order valence-corrected chi connectivity index (χ2v) is 2.74. The van der Waals surface area contributed by atoms with Crippen LogP contribution in [0.2, 0.25) is 0 Å². The number of nitrogens with two attached hydrogens (primary N) is 1. The lowest BCUT2D eigenvalue weighted by Crippen LogP contribution is -2.90. The van der Waals surface area contributed by atoms with Gasteiger partial charge < -0.3 is 5.32 Å². The van der Waals surface area contributed by atoms with Gasteiger partial charge in [0.15, 0.2) is 0 Å². The third-order valence-corrected chi connectivity index (χ3v) is 0.942. The molecular formula is C6H17N2+. The van der Waals surface area contributed by atoms with Crippen molar-refractivity contribution in [3.63, 3.8) is 0 Å². The fourth-order valence-corrected chi connectivity index (χ4v) is 0.422. The Morgan fingerprint density at radius 3 is 2.00 bits per heavy atom. The number of rotatable bonds is 3. The van der Waals surface area contributed by atoms with Crippen LogP contribution in [0.3, 0.4) is 0 Å². The first kappa shape index (κ1) is 7.92. The van der Waals surface area contributed by atoms with Crippen LogP contribution in [0.15, 0.2) is 0 Å². The highest BCUT2D eigenvalue weighted by atomic mass is 15.2. The van der Waals surface area contributed by atoms with Crippen LogP contribution in [-0.2, 0) is 0 Å². The van der Waals surface area contributed by atoms with E-state index < -0.39 is 0 Å². The molecule has 0 atom stereocenters. The van der Waals surface area contributed by atoms with Gasteiger partial charge in [0.25, 0.3) is 0 Å². The van der Waals surface area contributed by atoms with Gasteiger partial charge in [0.05, 0.1) is 6.04 Å². The number of nitrogens with zero attached hydrogens (tertiary/aromatic N) is 1. The molecule has 8 heavy (non-hydrogen) atoms. The van der Waals surface area contributed by atoms with Gasteiger partial charge in [-0.05, 0) is 27.9 Å². The van der Waals surface area contributed by atoms with Crippen molar-refractivity contribution in [2.24, 2.45) is 0 Å². The minimum absolute atomic E-state index is 0.720. The fraction of sp³-hybridized carbons (Fsp3) is 1.00. The molecule has 0 aliphatic rings. The molecule has 2 heteroatoms. The maximum atomic E-state index is 2.29. The zero-order chi connectivity index (χ0) is 6.57. The van der Waals surface area contributed by atoms with E-state index in [1.54, 1.807) is 0 Å². The quantitative estimate of drug-likeness (QED) is 0.493. The molecule has 0 rings (SSSR count). The van der Waals surface area contributed by atoms with E-state index in [1.165, 1.54) is 0 Å². The largest absolute Gasteiger partial charge is 0.332 e. The summed E-state index contributed by atoms with van der Waals surface area (Å²) in [5.41, 5.74) is 0. The summed E-state index contributed by atoms with van der Waals surface area (Å²) in [5.74, 6) is 0. The molecule has 0 fully saturated rings. The molecule has 0 spiro atoms. The summed E-state index contributed by atoms with van der Waals surface area (Å²) >= 11 is 0. The summed E-state index contributed by atoms with van der Waals surface area (Å²) in [5, 5.41) is 2.29. The van der Waals surface area contributed by atoms with Crippen LogP contribution in [-0.4, -0.2) is 31.7 Å². The Hall–Kier alpha value is -0.0800. The standard InChI is InChI=1S/C6H16N2/c1-6(2)7-5-8(3)4/h6-7H,5H2,1-4H3/p+1. The van der Waals surface area contributed by atoms with Crippen LogP contribution >= 0.6 is 0 Å². The van der Waals surface area contributed by atoms with Gasteiger partial charge in [0.1, 0.15) is 6.67 Å². The topological polar surface area (TPSA) is 19.9 Å². The van der Waals surface area contributed by atoms with Gasteiger partial charge in [0.2, 0.25) is 0 Å². The average Bonchev–Trinajstić information content (AvgIpc) is 1.61. The Labute approximate surface area is 51.9 Å². The van der Waals surface area contributed by atoms with E-state index in [9.17, 15) is 0 Å². The summed E-state index contributed by atoms with van der Waals surface area (Å²) in [4.78, 5) is 2.17. The zero-order valence-electron chi connectivity index (χ0n) is 6.31. The van der Waals surface area contributed by atoms with Crippen LogP contribution in [0.5, 0.6) is 0 Å². The second kappa shape index (κ2) is 3.87. The van der Waals surface area contributed by atoms with Crippen molar-refractivity contribution in [2.45, 2.75) is 19.9 Å². The van der Waals surface area contributed by atoms with E-state index in [2.05, 4.69) is 38.2 Å². The molecule has 0 amide bonds. The molecule has 0 saturated heterocycles. The molecule has 0 heterocycles. The van der Waals surface area contributed by atoms with Crippen LogP contribution in [0.4, 0.5) is 0 Å². The molecule has 0 aliphatic carbocycles. The summed E-state index contributed by atoms with van der Waals surface area (Å²) in [6, 6.07) is 0.720. The minimum atomic E-state index is 0.720. The van der Waals surface area contributed by atoms with Gasteiger partial charge in [0, 0.05) is 0 Å². The van der Waals surface area contributed by atoms with E-state index in [-0.39, 0.29) is 0 Å². The Kier molecular flexibility index (Phi) is 3.83. The Balaban J connectivity index is 2.93. The third-order valence-electron chi connectivity index (χ3n) is 0.942. The number of hydrogen-bond donors (Lipinski definition) is 1. The van der Waals surface area contributed by atoms with Crippen LogP contribution in [0.25, 0.3) is 0 Å². The van der Waals surface area contributed by atoms with E-state index in [1.807, 2.05) is 0 Å². The summed E-state index contributed by atoms with van der Waals surface area (Å²) in [7, 11) is 4.16. The molecule has 0 saturated carbocycles. The van der Waals surface area contributed by atoms with Gasteiger partial charge >= 0.3 is 0 Å². The van der Waals surface area contributed by atoms with Crippen LogP contribution in [0.1, 0.15) is 13.8 Å². The maximum Gasteiger partial charge on any atom is 0.131 e. The molecule has 0 aromatic rings. The molecule has 0 radical (unpaired) electrons. The normalized spacial score (nSPS) is 11.2. The Morgan fingerprint density at radius 1 is 1.38 bits per heavy atom. The van der Waals surface area contributed by atoms with Gasteiger partial charge in [-0.1, -0.05) is 0 Å². The first-order valence-corrected chi connectivity index (χ1v) is 3.11. The van der Waals surface area contributed by atoms with Crippen LogP contribution < -0.4 is 5.32 Å². The molecule has 2 N–H and O–H groups in total. The van der Waals surface area contributed by atoms with Crippen molar-refractivity contribution in [3.05, 3.63) is 0 Å². The van der Waals surface area contributed by atoms with Gasteiger partial charge in [-0.2, -0.15) is 0 Å². The van der Waals surface area contributed by atoms with E-state index in [0.29, 0.717) is 0 Å². The monoisotopic (exact) mass is 117 g/mol. The van der Waals surface area contributed by atoms with Crippen molar-refractivity contribution in [1.82, 2.24) is 4.90 Å². The molecular weight excluding hydrogens is 100 g/mol. The number of quaternary nitrogens is 1. The molecule has 0 unspecified atom stereocenters. The number of hydrogen-bond acceptors (Lipinski definition) is 1. The van der Waals surface area contributed by atoms with E-state index >= 15 is 0 Å². The minimum Gasteiger partial charge on any atom is -0.332 e. The molecule has 0 aromatic heterocycles. The molecule has 2 nitrogen and oxygen atoms in total. The highest BCUT2D eigenvalue weighted by Crippen LogP contribution is 1.63. The summed E-state index contributed by atoms with van der Waals surface area (Å²) < 4.78 is 0. The summed E-state index contributed by atoms with van der Waals surface area (Å²) in [6.07, 6.45) is 0. The van der Waals surface area contributed by atoms with Crippen molar-refractivity contribution >= 4 is 0 Å². The SMILES string of the molecule is CC(C)[NH2+]CN(C)C. The maximum absolute atomic E-state index is 2.29. The predicted octanol–water partition coefficient (Wildman–Crippen LogP) is -0.523. The lowest BCUT2D eigenvalue weighted by Gasteiger charge is -2.09. The Bertz CT molecular complexity index is 42.5. The highest BCUT2D eigenvalue weighted by Gasteiger charge is 1.94. The van der Waals surface area contributed by atoms with Crippen molar-refractivity contribution in [2.75, 3.05) is 20.8 Å². The van der Waals surface area contributed by atoms with Crippen LogP contribution in [0, 0.1) is 0 Å². The fourth-order valence-electron chi connectivity index (χ4n) is 0.422. The molecule has 0 aromatic carbocycles. The van der Waals surface area contributed by atoms with Gasteiger partial charge in [-0.15, -0.1) is 0 Å². The zero-order valence-corrected chi connectivity index (χ0v) is 6.31. The smallest absolute Gasteiger partial charge is 0.131 e. The Morgan fingerprint density at radius 2 is 1.88 bits per heavy atom. The van der Waals surface area contributed by atoms with E-state index in [0.717, 1.165) is 12.7 Å². The molecule has 0 aliphatic heterocycles. The van der Waals surface area contributed by atoms with Gasteiger partial charge in [-0.3, -0.25) is 4.90 Å². The first-order valence-electron chi connectivity index (χ1n) is 3.11. The second-order valence-electron chi connectivity index (χ2n) is 2.74. The lowest BCUT2D eigenvalue weighted by molar-refractivity contribution is -0.696. The summed E-state index contributed by atoms with van der Waals surface area (Å²) in [6.45, 7) is 5.49. The van der Waals surface area contributed by atoms with Crippen molar-refractivity contribution in [3.8, 4) is 0 Å². The van der Waals surface area contributed by atoms with Crippen molar-refractivity contribution < 1.29 is 5.32 Å².